The fourth-order valence-corrected chi connectivity index (χ4v) is 1.51. The van der Waals surface area contributed by atoms with Gasteiger partial charge < -0.3 is 15.2 Å². The maximum atomic E-state index is 10.6. The van der Waals surface area contributed by atoms with Gasteiger partial charge in [0.25, 0.3) is 0 Å². The molecule has 0 aliphatic heterocycles. The Kier molecular flexibility index (Phi) is 2.07. The van der Waals surface area contributed by atoms with Crippen molar-refractivity contribution in [2.45, 2.75) is 6.29 Å². The van der Waals surface area contributed by atoms with E-state index in [4.69, 9.17) is 10.2 Å². The second kappa shape index (κ2) is 3.25. The Balaban J connectivity index is 2.76. The van der Waals surface area contributed by atoms with Gasteiger partial charge in [0.1, 0.15) is 0 Å². The number of rotatable bonds is 2. The predicted molar refractivity (Wildman–Crippen MR) is 50.9 cm³/mol. The minimum absolute atomic E-state index is 0.371. The fourth-order valence-electron chi connectivity index (χ4n) is 1.51. The lowest BCUT2D eigenvalue weighted by Gasteiger charge is -2.04. The summed E-state index contributed by atoms with van der Waals surface area (Å²) in [6.45, 7) is 0. The number of H-pyrrole nitrogens is 1. The lowest BCUT2D eigenvalue weighted by atomic mass is 10.1. The van der Waals surface area contributed by atoms with Crippen LogP contribution in [0.3, 0.4) is 0 Å². The average molecular weight is 191 g/mol. The molecule has 4 heteroatoms. The number of aldehydes is 1. The van der Waals surface area contributed by atoms with Crippen LogP contribution in [0.4, 0.5) is 0 Å². The van der Waals surface area contributed by atoms with Crippen LogP contribution in [0.25, 0.3) is 10.9 Å². The standard InChI is InChI=1S/C10H9NO3/c12-5-6-4-11-9-7(6)2-1-3-8(9)10(13)14/h1-5,10-11,13-14H. The fraction of sp³-hybridized carbons (Fsp3) is 0.100. The molecule has 72 valence electrons. The minimum Gasteiger partial charge on any atom is -0.364 e. The summed E-state index contributed by atoms with van der Waals surface area (Å²) in [5, 5.41) is 18.8. The van der Waals surface area contributed by atoms with Crippen LogP contribution in [0, 0.1) is 0 Å². The van der Waals surface area contributed by atoms with Crippen LogP contribution in [0.15, 0.2) is 24.4 Å². The zero-order valence-electron chi connectivity index (χ0n) is 7.27. The van der Waals surface area contributed by atoms with E-state index in [1.54, 1.807) is 24.4 Å². The molecule has 0 spiro atoms. The number of nitrogens with one attached hydrogen (secondary N) is 1. The number of para-hydroxylation sites is 1. The van der Waals surface area contributed by atoms with Gasteiger partial charge in [-0.1, -0.05) is 18.2 Å². The van der Waals surface area contributed by atoms with Crippen molar-refractivity contribution in [3.05, 3.63) is 35.5 Å². The number of benzene rings is 1. The largest absolute Gasteiger partial charge is 0.364 e. The van der Waals surface area contributed by atoms with Crippen LogP contribution in [-0.2, 0) is 0 Å². The van der Waals surface area contributed by atoms with E-state index in [9.17, 15) is 4.79 Å². The van der Waals surface area contributed by atoms with Crippen LogP contribution < -0.4 is 0 Å². The molecule has 14 heavy (non-hydrogen) atoms. The molecular weight excluding hydrogens is 182 g/mol. The summed E-state index contributed by atoms with van der Waals surface area (Å²) >= 11 is 0. The lowest BCUT2D eigenvalue weighted by molar-refractivity contribution is -0.0414. The second-order valence-electron chi connectivity index (χ2n) is 3.01. The molecule has 0 unspecified atom stereocenters. The molecule has 2 rings (SSSR count). The summed E-state index contributed by atoms with van der Waals surface area (Å²) in [5.74, 6) is 0. The maximum absolute atomic E-state index is 10.6. The molecule has 0 saturated carbocycles. The third-order valence-electron chi connectivity index (χ3n) is 2.18. The van der Waals surface area contributed by atoms with Crippen LogP contribution in [0.1, 0.15) is 22.2 Å². The summed E-state index contributed by atoms with van der Waals surface area (Å²) < 4.78 is 0. The summed E-state index contributed by atoms with van der Waals surface area (Å²) in [7, 11) is 0. The van der Waals surface area contributed by atoms with E-state index in [2.05, 4.69) is 4.98 Å². The number of aliphatic hydroxyl groups excluding tert-OH is 1. The van der Waals surface area contributed by atoms with Crippen LogP contribution >= 0.6 is 0 Å². The topological polar surface area (TPSA) is 73.3 Å². The molecule has 0 bridgehead atoms. The van der Waals surface area contributed by atoms with Gasteiger partial charge >= 0.3 is 0 Å². The highest BCUT2D eigenvalue weighted by atomic mass is 16.5. The smallest absolute Gasteiger partial charge is 0.180 e. The number of hydrogen-bond donors (Lipinski definition) is 3. The number of carbonyl (C=O) groups is 1. The molecule has 0 saturated heterocycles. The molecule has 1 aromatic carbocycles. The van der Waals surface area contributed by atoms with Crippen molar-refractivity contribution < 1.29 is 15.0 Å². The molecule has 4 nitrogen and oxygen atoms in total. The van der Waals surface area contributed by atoms with Gasteiger partial charge in [0.15, 0.2) is 12.6 Å². The number of fused-ring (bicyclic) bond motifs is 1. The summed E-state index contributed by atoms with van der Waals surface area (Å²) in [5.41, 5.74) is 1.47. The Morgan fingerprint density at radius 3 is 2.79 bits per heavy atom. The van der Waals surface area contributed by atoms with E-state index in [0.717, 1.165) is 6.29 Å². The van der Waals surface area contributed by atoms with Crippen molar-refractivity contribution in [2.75, 3.05) is 0 Å². The molecule has 0 amide bonds. The molecular formula is C10H9NO3. The van der Waals surface area contributed by atoms with Crippen LogP contribution in [0.2, 0.25) is 0 Å². The zero-order chi connectivity index (χ0) is 10.1. The highest BCUT2D eigenvalue weighted by Gasteiger charge is 2.10. The first-order valence-electron chi connectivity index (χ1n) is 4.15. The SMILES string of the molecule is O=Cc1c[nH]c2c(C(O)O)cccc12. The molecule has 3 N–H and O–H groups in total. The van der Waals surface area contributed by atoms with Gasteiger partial charge in [-0.3, -0.25) is 4.79 Å². The van der Waals surface area contributed by atoms with Crippen molar-refractivity contribution >= 4 is 17.2 Å². The predicted octanol–water partition coefficient (Wildman–Crippen LogP) is 0.964. The van der Waals surface area contributed by atoms with E-state index in [1.165, 1.54) is 0 Å². The second-order valence-corrected chi connectivity index (χ2v) is 3.01. The molecule has 0 aliphatic carbocycles. The lowest BCUT2D eigenvalue weighted by Crippen LogP contribution is -1.95. The van der Waals surface area contributed by atoms with Crippen LogP contribution in [0.5, 0.6) is 0 Å². The number of carbonyl (C=O) groups excluding carboxylic acids is 1. The van der Waals surface area contributed by atoms with Gasteiger partial charge in [-0.2, -0.15) is 0 Å². The molecule has 0 fully saturated rings. The number of hydrogen-bond acceptors (Lipinski definition) is 3. The number of aromatic amines is 1. The Bertz CT molecular complexity index is 473. The first-order chi connectivity index (χ1) is 6.74. The van der Waals surface area contributed by atoms with Gasteiger partial charge in [-0.25, -0.2) is 0 Å². The minimum atomic E-state index is -1.53. The Labute approximate surface area is 79.8 Å². The first kappa shape index (κ1) is 8.93. The van der Waals surface area contributed by atoms with Gasteiger partial charge in [0, 0.05) is 22.7 Å². The molecule has 1 aromatic heterocycles. The highest BCUT2D eigenvalue weighted by Crippen LogP contribution is 2.23. The summed E-state index contributed by atoms with van der Waals surface area (Å²) in [4.78, 5) is 13.5. The Hall–Kier alpha value is -1.65. The average Bonchev–Trinajstić information content (AvgIpc) is 2.59. The monoisotopic (exact) mass is 191 g/mol. The first-order valence-corrected chi connectivity index (χ1v) is 4.15. The van der Waals surface area contributed by atoms with Gasteiger partial charge in [-0.15, -0.1) is 0 Å². The van der Waals surface area contributed by atoms with E-state index < -0.39 is 6.29 Å². The summed E-state index contributed by atoms with van der Waals surface area (Å²) in [6.07, 6.45) is 0.743. The maximum Gasteiger partial charge on any atom is 0.180 e. The third-order valence-corrected chi connectivity index (χ3v) is 2.18. The quantitative estimate of drug-likeness (QED) is 0.489. The van der Waals surface area contributed by atoms with Crippen molar-refractivity contribution in [3.63, 3.8) is 0 Å². The van der Waals surface area contributed by atoms with Crippen molar-refractivity contribution in [1.29, 1.82) is 0 Å². The molecule has 2 aromatic rings. The van der Waals surface area contributed by atoms with E-state index >= 15 is 0 Å². The van der Waals surface area contributed by atoms with Gasteiger partial charge in [-0.05, 0) is 0 Å². The van der Waals surface area contributed by atoms with Crippen molar-refractivity contribution in [1.82, 2.24) is 4.98 Å². The van der Waals surface area contributed by atoms with Crippen LogP contribution in [-0.4, -0.2) is 21.5 Å². The zero-order valence-corrected chi connectivity index (χ0v) is 7.27. The molecule has 0 radical (unpaired) electrons. The third kappa shape index (κ3) is 1.21. The molecule has 0 aliphatic rings. The van der Waals surface area contributed by atoms with E-state index in [0.29, 0.717) is 22.0 Å². The van der Waals surface area contributed by atoms with Crippen molar-refractivity contribution in [3.8, 4) is 0 Å². The van der Waals surface area contributed by atoms with Gasteiger partial charge in [0.05, 0.1) is 5.52 Å². The Morgan fingerprint density at radius 2 is 2.14 bits per heavy atom. The Morgan fingerprint density at radius 1 is 1.36 bits per heavy atom. The summed E-state index contributed by atoms with van der Waals surface area (Å²) in [6, 6.07) is 5.03. The van der Waals surface area contributed by atoms with E-state index in [-0.39, 0.29) is 0 Å². The highest BCUT2D eigenvalue weighted by molar-refractivity contribution is 5.98. The molecule has 0 atom stereocenters. The van der Waals surface area contributed by atoms with Crippen molar-refractivity contribution in [2.24, 2.45) is 0 Å². The normalized spacial score (nSPS) is 11.1. The number of aliphatic hydroxyl groups is 2. The molecule has 1 heterocycles. The van der Waals surface area contributed by atoms with E-state index in [1.807, 2.05) is 0 Å². The number of aromatic nitrogens is 1. The van der Waals surface area contributed by atoms with Gasteiger partial charge in [0.2, 0.25) is 0 Å².